The van der Waals surface area contributed by atoms with Crippen LogP contribution in [-0.2, 0) is 0 Å². The molecule has 72 valence electrons. The van der Waals surface area contributed by atoms with Crippen molar-refractivity contribution in [3.8, 4) is 5.75 Å². The zero-order valence-corrected chi connectivity index (χ0v) is 9.06. The van der Waals surface area contributed by atoms with E-state index in [0.29, 0.717) is 0 Å². The molecule has 1 unspecified atom stereocenters. The van der Waals surface area contributed by atoms with Crippen molar-refractivity contribution in [3.05, 3.63) is 30.3 Å². The Morgan fingerprint density at radius 2 is 1.77 bits per heavy atom. The average molecular weight is 196 g/mol. The summed E-state index contributed by atoms with van der Waals surface area (Å²) in [6.45, 7) is 0.842. The Bertz CT molecular complexity index is 211. The smallest absolute Gasteiger partial charge is 0.119 e. The first kappa shape index (κ1) is 10.5. The molecule has 13 heavy (non-hydrogen) atoms. The summed E-state index contributed by atoms with van der Waals surface area (Å²) >= 11 is 0. The molecule has 1 atom stereocenters. The van der Waals surface area contributed by atoms with Crippen LogP contribution in [0, 0.1) is 0 Å². The van der Waals surface area contributed by atoms with Gasteiger partial charge in [-0.05, 0) is 37.6 Å². The van der Waals surface area contributed by atoms with Gasteiger partial charge in [-0.3, -0.25) is 0 Å². The van der Waals surface area contributed by atoms with Crippen LogP contribution in [0.25, 0.3) is 0 Å². The van der Waals surface area contributed by atoms with Gasteiger partial charge in [0.25, 0.3) is 0 Å². The number of hydrogen-bond acceptors (Lipinski definition) is 1. The van der Waals surface area contributed by atoms with Crippen molar-refractivity contribution in [2.24, 2.45) is 0 Å². The van der Waals surface area contributed by atoms with Crippen molar-refractivity contribution in [3.63, 3.8) is 0 Å². The molecule has 1 aromatic rings. The molecule has 0 heterocycles. The summed E-state index contributed by atoms with van der Waals surface area (Å²) in [5.74, 6) is 0.980. The first-order valence-corrected chi connectivity index (χ1v) is 5.63. The quantitative estimate of drug-likeness (QED) is 0.501. The minimum atomic E-state index is 0.842. The highest BCUT2D eigenvalue weighted by atomic mass is 31.0. The first-order chi connectivity index (χ1) is 6.43. The summed E-state index contributed by atoms with van der Waals surface area (Å²) in [4.78, 5) is 0. The summed E-state index contributed by atoms with van der Waals surface area (Å²) in [6.07, 6.45) is 4.90. The van der Waals surface area contributed by atoms with E-state index in [9.17, 15) is 0 Å². The molecule has 0 amide bonds. The third kappa shape index (κ3) is 4.90. The molecule has 0 aliphatic rings. The van der Waals surface area contributed by atoms with Crippen LogP contribution in [0.2, 0.25) is 0 Å². The maximum atomic E-state index is 5.55. The molecular weight excluding hydrogens is 179 g/mol. The van der Waals surface area contributed by atoms with Crippen LogP contribution in [0.4, 0.5) is 0 Å². The second-order valence-electron chi connectivity index (χ2n) is 3.01. The number of unbranched alkanes of at least 4 members (excludes halogenated alkanes) is 2. The van der Waals surface area contributed by atoms with Crippen molar-refractivity contribution >= 4 is 9.24 Å². The Balaban J connectivity index is 2.07. The van der Waals surface area contributed by atoms with E-state index in [2.05, 4.69) is 9.24 Å². The second-order valence-corrected chi connectivity index (χ2v) is 3.59. The lowest BCUT2D eigenvalue weighted by Crippen LogP contribution is -1.96. The van der Waals surface area contributed by atoms with Gasteiger partial charge in [0.1, 0.15) is 5.75 Å². The Morgan fingerprint density at radius 1 is 1.00 bits per heavy atom. The fourth-order valence-electron chi connectivity index (χ4n) is 1.13. The number of benzene rings is 1. The summed E-state index contributed by atoms with van der Waals surface area (Å²) in [7, 11) is 2.75. The molecule has 0 aromatic heterocycles. The van der Waals surface area contributed by atoms with Crippen LogP contribution < -0.4 is 4.74 Å². The molecule has 0 bridgehead atoms. The van der Waals surface area contributed by atoms with Gasteiger partial charge in [-0.1, -0.05) is 18.2 Å². The summed E-state index contributed by atoms with van der Waals surface area (Å²) in [6, 6.07) is 9.99. The number of hydrogen-bond donors (Lipinski definition) is 0. The zero-order valence-electron chi connectivity index (χ0n) is 7.91. The fraction of sp³-hybridized carbons (Fsp3) is 0.455. The van der Waals surface area contributed by atoms with Crippen molar-refractivity contribution in [1.29, 1.82) is 0 Å². The van der Waals surface area contributed by atoms with Gasteiger partial charge in [0.2, 0.25) is 0 Å². The van der Waals surface area contributed by atoms with Gasteiger partial charge in [0.05, 0.1) is 6.61 Å². The van der Waals surface area contributed by atoms with Crippen LogP contribution >= 0.6 is 9.24 Å². The highest BCUT2D eigenvalue weighted by Crippen LogP contribution is 2.09. The van der Waals surface area contributed by atoms with Crippen LogP contribution in [-0.4, -0.2) is 12.8 Å². The molecule has 1 rings (SSSR count). The number of ether oxygens (including phenoxy) is 1. The van der Waals surface area contributed by atoms with E-state index in [1.165, 1.54) is 19.0 Å². The van der Waals surface area contributed by atoms with E-state index in [4.69, 9.17) is 4.74 Å². The number of para-hydroxylation sites is 1. The van der Waals surface area contributed by atoms with Crippen LogP contribution in [0.1, 0.15) is 19.3 Å². The topological polar surface area (TPSA) is 9.23 Å². The predicted molar refractivity (Wildman–Crippen MR) is 60.4 cm³/mol. The minimum absolute atomic E-state index is 0.842. The Labute approximate surface area is 82.7 Å². The van der Waals surface area contributed by atoms with Gasteiger partial charge in [0.15, 0.2) is 0 Å². The standard InChI is InChI=1S/C11H17OP/c13-10-6-2-5-9-12-11-7-3-1-4-8-11/h1,3-4,7-8H,2,5-6,9-10,13H2. The summed E-state index contributed by atoms with van der Waals surface area (Å²) < 4.78 is 5.55. The molecule has 0 aliphatic heterocycles. The van der Waals surface area contributed by atoms with E-state index in [0.717, 1.165) is 18.8 Å². The monoisotopic (exact) mass is 196 g/mol. The summed E-state index contributed by atoms with van der Waals surface area (Å²) in [5.41, 5.74) is 0. The lowest BCUT2D eigenvalue weighted by Gasteiger charge is -2.04. The van der Waals surface area contributed by atoms with Crippen molar-refractivity contribution < 1.29 is 4.74 Å². The molecule has 2 heteroatoms. The maximum Gasteiger partial charge on any atom is 0.119 e. The lowest BCUT2D eigenvalue weighted by atomic mass is 10.3. The molecule has 1 aromatic carbocycles. The number of rotatable bonds is 6. The van der Waals surface area contributed by atoms with E-state index >= 15 is 0 Å². The van der Waals surface area contributed by atoms with Crippen LogP contribution in [0.15, 0.2) is 30.3 Å². The lowest BCUT2D eigenvalue weighted by molar-refractivity contribution is 0.306. The van der Waals surface area contributed by atoms with E-state index < -0.39 is 0 Å². The normalized spacial score (nSPS) is 9.92. The first-order valence-electron chi connectivity index (χ1n) is 4.81. The highest BCUT2D eigenvalue weighted by Gasteiger charge is 1.91. The van der Waals surface area contributed by atoms with Gasteiger partial charge in [0, 0.05) is 0 Å². The maximum absolute atomic E-state index is 5.55. The molecular formula is C11H17OP. The minimum Gasteiger partial charge on any atom is -0.494 e. The third-order valence-electron chi connectivity index (χ3n) is 1.86. The van der Waals surface area contributed by atoms with Crippen LogP contribution in [0.5, 0.6) is 5.75 Å². The van der Waals surface area contributed by atoms with E-state index in [1.807, 2.05) is 30.3 Å². The molecule has 0 aliphatic carbocycles. The van der Waals surface area contributed by atoms with Crippen LogP contribution in [0.3, 0.4) is 0 Å². The molecule has 0 N–H and O–H groups in total. The van der Waals surface area contributed by atoms with Gasteiger partial charge in [-0.15, -0.1) is 9.24 Å². The van der Waals surface area contributed by atoms with Crippen molar-refractivity contribution in [1.82, 2.24) is 0 Å². The van der Waals surface area contributed by atoms with Crippen molar-refractivity contribution in [2.45, 2.75) is 19.3 Å². The molecule has 0 saturated heterocycles. The van der Waals surface area contributed by atoms with Crippen molar-refractivity contribution in [2.75, 3.05) is 12.8 Å². The van der Waals surface area contributed by atoms with E-state index in [1.54, 1.807) is 0 Å². The van der Waals surface area contributed by atoms with Gasteiger partial charge < -0.3 is 4.74 Å². The largest absolute Gasteiger partial charge is 0.494 e. The summed E-state index contributed by atoms with van der Waals surface area (Å²) in [5, 5.41) is 0. The Kier molecular flexibility index (Phi) is 5.60. The SMILES string of the molecule is PCCCCCOc1ccccc1. The van der Waals surface area contributed by atoms with Gasteiger partial charge >= 0.3 is 0 Å². The average Bonchev–Trinajstić information content (AvgIpc) is 2.19. The molecule has 0 radical (unpaired) electrons. The third-order valence-corrected chi connectivity index (χ3v) is 2.27. The zero-order chi connectivity index (χ0) is 9.36. The van der Waals surface area contributed by atoms with Gasteiger partial charge in [-0.25, -0.2) is 0 Å². The van der Waals surface area contributed by atoms with Gasteiger partial charge in [-0.2, -0.15) is 0 Å². The second kappa shape index (κ2) is 6.91. The fourth-order valence-corrected chi connectivity index (χ4v) is 1.42. The molecule has 0 saturated carbocycles. The van der Waals surface area contributed by atoms with E-state index in [-0.39, 0.29) is 0 Å². The Hall–Kier alpha value is -0.550. The molecule has 1 nitrogen and oxygen atoms in total. The molecule has 0 spiro atoms. The highest BCUT2D eigenvalue weighted by molar-refractivity contribution is 7.16. The predicted octanol–water partition coefficient (Wildman–Crippen LogP) is 3.11. The Morgan fingerprint density at radius 3 is 2.46 bits per heavy atom. The molecule has 0 fully saturated rings.